The molecule has 1 amide bonds. The minimum atomic E-state index is -0.885. The zero-order valence-corrected chi connectivity index (χ0v) is 14.9. The first kappa shape index (κ1) is 16.7. The first-order valence-electron chi connectivity index (χ1n) is 6.45. The van der Waals surface area contributed by atoms with E-state index in [-0.39, 0.29) is 5.91 Å². The average Bonchev–Trinajstić information content (AvgIpc) is 2.78. The second-order valence-corrected chi connectivity index (χ2v) is 6.41. The fourth-order valence-corrected chi connectivity index (χ4v) is 2.89. The molecule has 0 spiro atoms. The van der Waals surface area contributed by atoms with E-state index in [4.69, 9.17) is 5.11 Å². The number of hydrogen-bond donors (Lipinski definition) is 1. The summed E-state index contributed by atoms with van der Waals surface area (Å²) < 4.78 is 2.37. The van der Waals surface area contributed by atoms with Gasteiger partial charge in [-0.15, -0.1) is 0 Å². The molecule has 0 saturated heterocycles. The van der Waals surface area contributed by atoms with Gasteiger partial charge in [-0.05, 0) is 36.2 Å². The van der Waals surface area contributed by atoms with Crippen molar-refractivity contribution < 1.29 is 14.7 Å². The van der Waals surface area contributed by atoms with Crippen LogP contribution >= 0.6 is 32.1 Å². The Labute approximate surface area is 145 Å². The van der Waals surface area contributed by atoms with Crippen molar-refractivity contribution in [1.29, 1.82) is 0 Å². The van der Waals surface area contributed by atoms with Gasteiger partial charge in [0.05, 0.1) is 28.3 Å². The lowest BCUT2D eigenvalue weighted by Gasteiger charge is -2.00. The summed E-state index contributed by atoms with van der Waals surface area (Å²) in [6.07, 6.45) is 0. The van der Waals surface area contributed by atoms with Gasteiger partial charge in [0.25, 0.3) is 5.91 Å². The summed E-state index contributed by atoms with van der Waals surface area (Å²) in [5.74, 6) is -0.829. The molecule has 2 aromatic rings. The minimum absolute atomic E-state index is 0.0561. The van der Waals surface area contributed by atoms with Crippen LogP contribution in [0.1, 0.15) is 31.8 Å². The van der Waals surface area contributed by atoms with Crippen molar-refractivity contribution in [2.75, 3.05) is 0 Å². The summed E-state index contributed by atoms with van der Waals surface area (Å²) in [4.78, 5) is 21.8. The van der Waals surface area contributed by atoms with Crippen molar-refractivity contribution >= 4 is 44.0 Å². The molecule has 0 saturated carbocycles. The molecule has 1 N–H and O–H groups in total. The van der Waals surface area contributed by atoms with E-state index in [2.05, 4.69) is 32.1 Å². The Hall–Kier alpha value is -1.66. The lowest BCUT2D eigenvalue weighted by Crippen LogP contribution is -2.10. The Morgan fingerprint density at radius 3 is 2.45 bits per heavy atom. The van der Waals surface area contributed by atoms with Gasteiger partial charge < -0.3 is 5.11 Å². The Bertz CT molecular complexity index is 731. The molecule has 0 fully saturated rings. The van der Waals surface area contributed by atoms with Gasteiger partial charge in [-0.3, -0.25) is 8.72 Å². The van der Waals surface area contributed by atoms with Gasteiger partial charge in [0.15, 0.2) is 0 Å². The molecule has 1 aliphatic heterocycles. The first-order chi connectivity index (χ1) is 10.4. The maximum absolute atomic E-state index is 11.3. The number of carbonyl (C=O) groups is 2. The quantitative estimate of drug-likeness (QED) is 0.687. The third-order valence-electron chi connectivity index (χ3n) is 3.28. The summed E-state index contributed by atoms with van der Waals surface area (Å²) in [6.45, 7) is 2.45. The number of hydrogen-bond acceptors (Lipinski definition) is 2. The summed E-state index contributed by atoms with van der Waals surface area (Å²) in [7, 11) is 0. The molecule has 6 heteroatoms. The first-order valence-corrected chi connectivity index (χ1v) is 7.96. The fourth-order valence-electron chi connectivity index (χ4n) is 2.06. The molecule has 3 rings (SSSR count). The summed E-state index contributed by atoms with van der Waals surface area (Å²) >= 11 is 6.42. The summed E-state index contributed by atoms with van der Waals surface area (Å²) in [6, 6.07) is 12.7. The molecule has 22 heavy (non-hydrogen) atoms. The van der Waals surface area contributed by atoms with E-state index >= 15 is 0 Å². The van der Waals surface area contributed by atoms with Gasteiger partial charge in [-0.2, -0.15) is 0 Å². The standard InChI is InChI=1S/C8H6BrNO.C8H7BrO2/c9-10-5-6-3-1-2-4-7(6)8(10)11;1-5-6(8(10)11)3-2-4-7(5)9/h1-4H,5H2;2-4H,1H3,(H,10,11). The Kier molecular flexibility index (Phi) is 5.37. The number of aromatic carboxylic acids is 1. The van der Waals surface area contributed by atoms with Gasteiger partial charge in [0.1, 0.15) is 0 Å². The van der Waals surface area contributed by atoms with Crippen LogP contribution in [0.5, 0.6) is 0 Å². The minimum Gasteiger partial charge on any atom is -0.478 e. The highest BCUT2D eigenvalue weighted by atomic mass is 79.9. The summed E-state index contributed by atoms with van der Waals surface area (Å²) in [5.41, 5.74) is 3.01. The molecule has 1 heterocycles. The second kappa shape index (κ2) is 7.07. The number of benzene rings is 2. The number of amides is 1. The van der Waals surface area contributed by atoms with Gasteiger partial charge in [0.2, 0.25) is 0 Å². The average molecular weight is 427 g/mol. The number of halogens is 2. The molecular weight excluding hydrogens is 414 g/mol. The highest BCUT2D eigenvalue weighted by Gasteiger charge is 2.24. The molecule has 0 aliphatic carbocycles. The molecule has 0 radical (unpaired) electrons. The van der Waals surface area contributed by atoms with Crippen LogP contribution in [0.4, 0.5) is 0 Å². The second-order valence-electron chi connectivity index (χ2n) is 4.70. The number of carboxylic acid groups (broad SMARTS) is 1. The van der Waals surface area contributed by atoms with Crippen LogP contribution in [0.15, 0.2) is 46.9 Å². The number of nitrogens with zero attached hydrogens (tertiary/aromatic N) is 1. The Morgan fingerprint density at radius 1 is 1.18 bits per heavy atom. The third kappa shape index (κ3) is 3.56. The maximum atomic E-state index is 11.3. The topological polar surface area (TPSA) is 57.6 Å². The van der Waals surface area contributed by atoms with Crippen molar-refractivity contribution in [3.8, 4) is 0 Å². The van der Waals surface area contributed by atoms with E-state index in [1.54, 1.807) is 19.1 Å². The van der Waals surface area contributed by atoms with Crippen LogP contribution in [0.3, 0.4) is 0 Å². The van der Waals surface area contributed by atoms with Crippen molar-refractivity contribution in [2.24, 2.45) is 0 Å². The lowest BCUT2D eigenvalue weighted by molar-refractivity contribution is 0.0695. The zero-order chi connectivity index (χ0) is 16.3. The predicted octanol–water partition coefficient (Wildman–Crippen LogP) is 4.41. The van der Waals surface area contributed by atoms with Crippen LogP contribution in [0, 0.1) is 6.92 Å². The van der Waals surface area contributed by atoms with Gasteiger partial charge in [-0.1, -0.05) is 40.2 Å². The fraction of sp³-hybridized carbons (Fsp3) is 0.125. The molecule has 0 aromatic heterocycles. The third-order valence-corrected chi connectivity index (χ3v) is 4.71. The Morgan fingerprint density at radius 2 is 1.86 bits per heavy atom. The van der Waals surface area contributed by atoms with Crippen LogP contribution in [0.25, 0.3) is 0 Å². The SMILES string of the molecule is Cc1c(Br)cccc1C(=O)O.O=C1c2ccccc2CN1Br. The molecule has 4 nitrogen and oxygen atoms in total. The van der Waals surface area contributed by atoms with Crippen LogP contribution in [0.2, 0.25) is 0 Å². The molecule has 0 atom stereocenters. The number of carbonyl (C=O) groups excluding carboxylic acids is 1. The molecule has 0 unspecified atom stereocenters. The number of rotatable bonds is 1. The Balaban J connectivity index is 0.000000160. The predicted molar refractivity (Wildman–Crippen MR) is 91.1 cm³/mol. The van der Waals surface area contributed by atoms with Crippen molar-refractivity contribution in [3.05, 3.63) is 69.2 Å². The highest BCUT2D eigenvalue weighted by Crippen LogP contribution is 2.24. The number of carboxylic acids is 1. The van der Waals surface area contributed by atoms with Gasteiger partial charge in [0, 0.05) is 10.0 Å². The van der Waals surface area contributed by atoms with E-state index in [0.717, 1.165) is 21.2 Å². The van der Waals surface area contributed by atoms with Crippen molar-refractivity contribution in [2.45, 2.75) is 13.5 Å². The van der Waals surface area contributed by atoms with Crippen molar-refractivity contribution in [1.82, 2.24) is 3.93 Å². The summed E-state index contributed by atoms with van der Waals surface area (Å²) in [5, 5.41) is 8.67. The molecular formula is C16H13Br2NO3. The van der Waals surface area contributed by atoms with E-state index in [9.17, 15) is 9.59 Å². The van der Waals surface area contributed by atoms with Crippen molar-refractivity contribution in [3.63, 3.8) is 0 Å². The molecule has 0 bridgehead atoms. The van der Waals surface area contributed by atoms with Crippen LogP contribution in [-0.2, 0) is 6.54 Å². The van der Waals surface area contributed by atoms with E-state index in [1.807, 2.05) is 30.3 Å². The highest BCUT2D eigenvalue weighted by molar-refractivity contribution is 9.10. The van der Waals surface area contributed by atoms with E-state index in [0.29, 0.717) is 12.1 Å². The van der Waals surface area contributed by atoms with E-state index < -0.39 is 5.97 Å². The van der Waals surface area contributed by atoms with Gasteiger partial charge >= 0.3 is 5.97 Å². The monoisotopic (exact) mass is 425 g/mol. The van der Waals surface area contributed by atoms with Crippen LogP contribution in [-0.4, -0.2) is 20.9 Å². The van der Waals surface area contributed by atoms with Crippen LogP contribution < -0.4 is 0 Å². The lowest BCUT2D eigenvalue weighted by atomic mass is 10.1. The van der Waals surface area contributed by atoms with Gasteiger partial charge in [-0.25, -0.2) is 4.79 Å². The molecule has 2 aromatic carbocycles. The zero-order valence-electron chi connectivity index (χ0n) is 11.7. The number of fused-ring (bicyclic) bond motifs is 1. The molecule has 1 aliphatic rings. The van der Waals surface area contributed by atoms with E-state index in [1.165, 1.54) is 3.93 Å². The largest absolute Gasteiger partial charge is 0.478 e. The normalized spacial score (nSPS) is 12.5. The molecule has 114 valence electrons. The smallest absolute Gasteiger partial charge is 0.335 e. The maximum Gasteiger partial charge on any atom is 0.335 e.